The number of hydrogen-bond donors (Lipinski definition) is 1. The highest BCUT2D eigenvalue weighted by molar-refractivity contribution is 6.02. The Morgan fingerprint density at radius 1 is 1.13 bits per heavy atom. The van der Waals surface area contributed by atoms with Crippen molar-refractivity contribution in [1.29, 1.82) is 0 Å². The highest BCUT2D eigenvalue weighted by atomic mass is 16.5. The summed E-state index contributed by atoms with van der Waals surface area (Å²) in [5.41, 5.74) is 3.41. The number of benzene rings is 2. The summed E-state index contributed by atoms with van der Waals surface area (Å²) in [6, 6.07) is 13.4. The van der Waals surface area contributed by atoms with E-state index in [9.17, 15) is 4.79 Å². The number of aromatic nitrogens is 3. The number of nitrogens with zero attached hydrogens (tertiary/aromatic N) is 2. The average molecular weight is 305 g/mol. The molecule has 4 aromatic rings. The maximum atomic E-state index is 12.7. The Kier molecular flexibility index (Phi) is 2.94. The molecule has 0 aliphatic rings. The Labute approximate surface area is 132 Å². The number of nitrogens with one attached hydrogen (secondary N) is 1. The molecule has 0 bridgehead atoms. The van der Waals surface area contributed by atoms with E-state index in [1.807, 2.05) is 49.4 Å². The molecule has 5 nitrogen and oxygen atoms in total. The van der Waals surface area contributed by atoms with Gasteiger partial charge in [-0.15, -0.1) is 0 Å². The predicted octanol–water partition coefficient (Wildman–Crippen LogP) is 3.18. The number of fused-ring (bicyclic) bond motifs is 3. The molecule has 0 aliphatic carbocycles. The number of H-pyrrole nitrogens is 1. The van der Waals surface area contributed by atoms with Crippen LogP contribution in [0.1, 0.15) is 5.56 Å². The number of pyridine rings is 1. The van der Waals surface area contributed by atoms with E-state index in [2.05, 4.69) is 10.1 Å². The summed E-state index contributed by atoms with van der Waals surface area (Å²) in [4.78, 5) is 17.1. The fraction of sp³-hybridized carbons (Fsp3) is 0.111. The first-order valence-corrected chi connectivity index (χ1v) is 7.32. The van der Waals surface area contributed by atoms with Crippen LogP contribution in [0.5, 0.6) is 5.75 Å². The number of methoxy groups -OCH3 is 1. The molecule has 0 spiro atoms. The molecule has 0 unspecified atom stereocenters. The van der Waals surface area contributed by atoms with Crippen LogP contribution in [0, 0.1) is 6.92 Å². The minimum atomic E-state index is -0.122. The van der Waals surface area contributed by atoms with Gasteiger partial charge in [-0.3, -0.25) is 14.9 Å². The van der Waals surface area contributed by atoms with E-state index in [1.54, 1.807) is 13.3 Å². The Hall–Kier alpha value is -3.08. The second kappa shape index (κ2) is 4.98. The van der Waals surface area contributed by atoms with E-state index in [0.717, 1.165) is 27.7 Å². The van der Waals surface area contributed by atoms with Gasteiger partial charge in [-0.05, 0) is 30.7 Å². The maximum absolute atomic E-state index is 12.7. The Balaban J connectivity index is 2.03. The SMILES string of the molecule is COc1cccc(-n2[nH]c3c(cnc4cc(C)ccc43)c2=O)c1. The van der Waals surface area contributed by atoms with Gasteiger partial charge in [0.2, 0.25) is 0 Å². The smallest absolute Gasteiger partial charge is 0.280 e. The van der Waals surface area contributed by atoms with E-state index in [-0.39, 0.29) is 5.56 Å². The normalized spacial score (nSPS) is 11.2. The van der Waals surface area contributed by atoms with Crippen molar-refractivity contribution in [2.75, 3.05) is 7.11 Å². The topological polar surface area (TPSA) is 59.9 Å². The van der Waals surface area contributed by atoms with Crippen LogP contribution < -0.4 is 10.3 Å². The van der Waals surface area contributed by atoms with Gasteiger partial charge in [0.1, 0.15) is 5.75 Å². The molecule has 2 heterocycles. The fourth-order valence-electron chi connectivity index (χ4n) is 2.80. The van der Waals surface area contributed by atoms with Crippen LogP contribution in [0.3, 0.4) is 0 Å². The van der Waals surface area contributed by atoms with Crippen LogP contribution in [-0.4, -0.2) is 21.9 Å². The lowest BCUT2D eigenvalue weighted by atomic mass is 10.1. The lowest BCUT2D eigenvalue weighted by Crippen LogP contribution is -2.14. The summed E-state index contributed by atoms with van der Waals surface area (Å²) >= 11 is 0. The highest BCUT2D eigenvalue weighted by Crippen LogP contribution is 2.22. The van der Waals surface area contributed by atoms with Gasteiger partial charge in [-0.1, -0.05) is 18.2 Å². The molecular weight excluding hydrogens is 290 g/mol. The zero-order valence-electron chi connectivity index (χ0n) is 12.8. The summed E-state index contributed by atoms with van der Waals surface area (Å²) in [5.74, 6) is 0.701. The molecule has 23 heavy (non-hydrogen) atoms. The molecule has 0 saturated heterocycles. The lowest BCUT2D eigenvalue weighted by molar-refractivity contribution is 0.414. The van der Waals surface area contributed by atoms with Gasteiger partial charge in [0.25, 0.3) is 5.56 Å². The van der Waals surface area contributed by atoms with Crippen LogP contribution in [-0.2, 0) is 0 Å². The number of aromatic amines is 1. The van der Waals surface area contributed by atoms with E-state index in [4.69, 9.17) is 4.74 Å². The third kappa shape index (κ3) is 2.09. The molecular formula is C18H15N3O2. The van der Waals surface area contributed by atoms with Crippen molar-refractivity contribution >= 4 is 21.8 Å². The summed E-state index contributed by atoms with van der Waals surface area (Å²) < 4.78 is 6.75. The van der Waals surface area contributed by atoms with Crippen LogP contribution in [0.25, 0.3) is 27.5 Å². The van der Waals surface area contributed by atoms with Crippen molar-refractivity contribution in [2.24, 2.45) is 0 Å². The van der Waals surface area contributed by atoms with Crippen molar-refractivity contribution in [3.05, 3.63) is 64.6 Å². The molecule has 0 saturated carbocycles. The lowest BCUT2D eigenvalue weighted by Gasteiger charge is -2.04. The van der Waals surface area contributed by atoms with Gasteiger partial charge in [0.05, 0.1) is 29.2 Å². The van der Waals surface area contributed by atoms with Crippen molar-refractivity contribution in [3.63, 3.8) is 0 Å². The Morgan fingerprint density at radius 3 is 2.83 bits per heavy atom. The van der Waals surface area contributed by atoms with Crippen molar-refractivity contribution in [2.45, 2.75) is 6.92 Å². The molecule has 0 fully saturated rings. The van der Waals surface area contributed by atoms with Crippen LogP contribution >= 0.6 is 0 Å². The molecule has 4 rings (SSSR count). The highest BCUT2D eigenvalue weighted by Gasteiger charge is 2.12. The minimum absolute atomic E-state index is 0.122. The van der Waals surface area contributed by atoms with Crippen LogP contribution in [0.2, 0.25) is 0 Å². The van der Waals surface area contributed by atoms with E-state index >= 15 is 0 Å². The summed E-state index contributed by atoms with van der Waals surface area (Å²) in [5, 5.41) is 4.71. The second-order valence-corrected chi connectivity index (χ2v) is 5.52. The summed E-state index contributed by atoms with van der Waals surface area (Å²) in [6.45, 7) is 2.02. The molecule has 0 amide bonds. The zero-order chi connectivity index (χ0) is 16.0. The van der Waals surface area contributed by atoms with Crippen molar-refractivity contribution in [3.8, 4) is 11.4 Å². The van der Waals surface area contributed by atoms with E-state index in [1.165, 1.54) is 4.68 Å². The first-order valence-electron chi connectivity index (χ1n) is 7.32. The fourth-order valence-corrected chi connectivity index (χ4v) is 2.80. The monoisotopic (exact) mass is 305 g/mol. The Bertz CT molecular complexity index is 1090. The predicted molar refractivity (Wildman–Crippen MR) is 90.5 cm³/mol. The second-order valence-electron chi connectivity index (χ2n) is 5.52. The zero-order valence-corrected chi connectivity index (χ0v) is 12.8. The molecule has 5 heteroatoms. The van der Waals surface area contributed by atoms with Crippen LogP contribution in [0.15, 0.2) is 53.5 Å². The quantitative estimate of drug-likeness (QED) is 0.619. The van der Waals surface area contributed by atoms with Gasteiger partial charge < -0.3 is 4.74 Å². The standard InChI is InChI=1S/C18H15N3O2/c1-11-6-7-14-16(8-11)19-10-15-17(14)20-21(18(15)22)12-4-3-5-13(9-12)23-2/h3-10,20H,1-2H3. The first-order chi connectivity index (χ1) is 11.2. The first kappa shape index (κ1) is 13.6. The number of rotatable bonds is 2. The van der Waals surface area contributed by atoms with Crippen LogP contribution in [0.4, 0.5) is 0 Å². The third-order valence-electron chi connectivity index (χ3n) is 3.99. The van der Waals surface area contributed by atoms with Gasteiger partial charge in [-0.25, -0.2) is 4.68 Å². The average Bonchev–Trinajstić information content (AvgIpc) is 2.92. The number of hydrogen-bond acceptors (Lipinski definition) is 3. The molecule has 0 atom stereocenters. The number of ether oxygens (including phenoxy) is 1. The van der Waals surface area contributed by atoms with E-state index in [0.29, 0.717) is 11.1 Å². The molecule has 0 aliphatic heterocycles. The molecule has 0 radical (unpaired) electrons. The van der Waals surface area contributed by atoms with Gasteiger partial charge >= 0.3 is 0 Å². The Morgan fingerprint density at radius 2 is 2.00 bits per heavy atom. The number of aryl methyl sites for hydroxylation is 1. The molecule has 114 valence electrons. The largest absolute Gasteiger partial charge is 0.497 e. The summed E-state index contributed by atoms with van der Waals surface area (Å²) in [7, 11) is 1.60. The molecule has 2 aromatic carbocycles. The molecule has 2 aromatic heterocycles. The molecule has 1 N–H and O–H groups in total. The van der Waals surface area contributed by atoms with Gasteiger partial charge in [0.15, 0.2) is 0 Å². The van der Waals surface area contributed by atoms with Gasteiger partial charge in [0, 0.05) is 17.6 Å². The van der Waals surface area contributed by atoms with Crippen molar-refractivity contribution in [1.82, 2.24) is 14.8 Å². The van der Waals surface area contributed by atoms with Crippen molar-refractivity contribution < 1.29 is 4.74 Å². The van der Waals surface area contributed by atoms with Gasteiger partial charge in [-0.2, -0.15) is 0 Å². The third-order valence-corrected chi connectivity index (χ3v) is 3.99. The minimum Gasteiger partial charge on any atom is -0.497 e. The van der Waals surface area contributed by atoms with E-state index < -0.39 is 0 Å². The maximum Gasteiger partial charge on any atom is 0.280 e. The summed E-state index contributed by atoms with van der Waals surface area (Å²) in [6.07, 6.45) is 1.63.